The Balaban J connectivity index is 2.21. The topological polar surface area (TPSA) is 38.9 Å². The summed E-state index contributed by atoms with van der Waals surface area (Å²) >= 11 is 2.35. The molecule has 0 unspecified atom stereocenters. The lowest BCUT2D eigenvalue weighted by Crippen LogP contribution is -1.89. The number of anilines is 1. The normalized spacial score (nSPS) is 10.7. The molecule has 88 valence electrons. The van der Waals surface area contributed by atoms with E-state index in [1.54, 1.807) is 0 Å². The average Bonchev–Trinajstić information content (AvgIpc) is 2.39. The van der Waals surface area contributed by atoms with E-state index in [-0.39, 0.29) is 0 Å². The first-order valence-corrected chi connectivity index (χ1v) is 6.73. The number of halogens is 1. The van der Waals surface area contributed by atoms with E-state index < -0.39 is 0 Å². The number of aromatic nitrogens is 1. The van der Waals surface area contributed by atoms with Crippen molar-refractivity contribution >= 4 is 39.2 Å². The van der Waals surface area contributed by atoms with Crippen molar-refractivity contribution in [2.75, 3.05) is 5.73 Å². The van der Waals surface area contributed by atoms with Crippen LogP contribution in [0.15, 0.2) is 54.6 Å². The van der Waals surface area contributed by atoms with Gasteiger partial charge in [-0.05, 0) is 46.9 Å². The minimum absolute atomic E-state index is 0.772. The molecule has 0 aliphatic carbocycles. The summed E-state index contributed by atoms with van der Waals surface area (Å²) in [5.41, 5.74) is 9.57. The number of rotatable bonds is 1. The van der Waals surface area contributed by atoms with Crippen LogP contribution in [0, 0.1) is 3.57 Å². The maximum Gasteiger partial charge on any atom is 0.0720 e. The Morgan fingerprint density at radius 2 is 1.67 bits per heavy atom. The second-order valence-electron chi connectivity index (χ2n) is 4.13. The molecule has 2 N–H and O–H groups in total. The number of pyridine rings is 1. The van der Waals surface area contributed by atoms with E-state index in [1.807, 2.05) is 42.5 Å². The van der Waals surface area contributed by atoms with Crippen molar-refractivity contribution in [3.05, 3.63) is 58.2 Å². The molecular formula is C15H11IN2. The summed E-state index contributed by atoms with van der Waals surface area (Å²) in [6.45, 7) is 0. The van der Waals surface area contributed by atoms with Crippen molar-refractivity contribution < 1.29 is 0 Å². The number of nitrogens with two attached hydrogens (primary N) is 1. The van der Waals surface area contributed by atoms with Gasteiger partial charge in [-0.15, -0.1) is 0 Å². The Morgan fingerprint density at radius 3 is 2.44 bits per heavy atom. The largest absolute Gasteiger partial charge is 0.399 e. The van der Waals surface area contributed by atoms with Gasteiger partial charge in [-0.3, -0.25) is 0 Å². The fourth-order valence-electron chi connectivity index (χ4n) is 1.93. The monoisotopic (exact) mass is 346 g/mol. The SMILES string of the molecule is Nc1ccc(-c2cc(I)c3ccccc3n2)cc1. The van der Waals surface area contributed by atoms with E-state index >= 15 is 0 Å². The Kier molecular flexibility index (Phi) is 2.91. The Bertz CT molecular complexity index is 705. The molecule has 3 aromatic rings. The van der Waals surface area contributed by atoms with Gasteiger partial charge in [0.15, 0.2) is 0 Å². The molecule has 0 atom stereocenters. The smallest absolute Gasteiger partial charge is 0.0720 e. The lowest BCUT2D eigenvalue weighted by molar-refractivity contribution is 1.39. The van der Waals surface area contributed by atoms with E-state index in [0.29, 0.717) is 0 Å². The van der Waals surface area contributed by atoms with Crippen LogP contribution in [-0.4, -0.2) is 4.98 Å². The van der Waals surface area contributed by atoms with Crippen LogP contribution in [0.2, 0.25) is 0 Å². The van der Waals surface area contributed by atoms with Crippen molar-refractivity contribution in [3.63, 3.8) is 0 Å². The number of nitrogen functional groups attached to an aromatic ring is 1. The molecule has 0 aliphatic rings. The van der Waals surface area contributed by atoms with Gasteiger partial charge in [0.05, 0.1) is 11.2 Å². The van der Waals surface area contributed by atoms with Gasteiger partial charge in [0.2, 0.25) is 0 Å². The van der Waals surface area contributed by atoms with Crippen LogP contribution < -0.4 is 5.73 Å². The van der Waals surface area contributed by atoms with Gasteiger partial charge in [0.25, 0.3) is 0 Å². The van der Waals surface area contributed by atoms with E-state index in [9.17, 15) is 0 Å². The Morgan fingerprint density at radius 1 is 0.944 bits per heavy atom. The fraction of sp³-hybridized carbons (Fsp3) is 0. The number of fused-ring (bicyclic) bond motifs is 1. The molecule has 0 spiro atoms. The summed E-state index contributed by atoms with van der Waals surface area (Å²) in [5.74, 6) is 0. The van der Waals surface area contributed by atoms with Gasteiger partial charge in [-0.2, -0.15) is 0 Å². The van der Waals surface area contributed by atoms with Crippen LogP contribution in [0.1, 0.15) is 0 Å². The minimum atomic E-state index is 0.772. The highest BCUT2D eigenvalue weighted by Crippen LogP contribution is 2.26. The number of benzene rings is 2. The first-order chi connectivity index (χ1) is 8.74. The third kappa shape index (κ3) is 2.06. The fourth-order valence-corrected chi connectivity index (χ4v) is 2.69. The summed E-state index contributed by atoms with van der Waals surface area (Å²) in [7, 11) is 0. The molecule has 0 aliphatic heterocycles. The summed E-state index contributed by atoms with van der Waals surface area (Å²) < 4.78 is 1.21. The van der Waals surface area contributed by atoms with Crippen LogP contribution in [0.3, 0.4) is 0 Å². The molecule has 0 saturated carbocycles. The second kappa shape index (κ2) is 4.57. The van der Waals surface area contributed by atoms with Gasteiger partial charge in [-0.1, -0.05) is 30.3 Å². The molecule has 3 rings (SSSR count). The van der Waals surface area contributed by atoms with Crippen molar-refractivity contribution in [2.24, 2.45) is 0 Å². The van der Waals surface area contributed by atoms with Crippen LogP contribution in [-0.2, 0) is 0 Å². The lowest BCUT2D eigenvalue weighted by Gasteiger charge is -2.06. The second-order valence-corrected chi connectivity index (χ2v) is 5.29. The average molecular weight is 346 g/mol. The number of para-hydroxylation sites is 1. The molecule has 0 saturated heterocycles. The van der Waals surface area contributed by atoms with Gasteiger partial charge in [-0.25, -0.2) is 4.98 Å². The molecule has 3 heteroatoms. The van der Waals surface area contributed by atoms with Crippen molar-refractivity contribution in [2.45, 2.75) is 0 Å². The van der Waals surface area contributed by atoms with Crippen molar-refractivity contribution in [3.8, 4) is 11.3 Å². The highest BCUT2D eigenvalue weighted by molar-refractivity contribution is 14.1. The first kappa shape index (κ1) is 11.5. The van der Waals surface area contributed by atoms with Crippen molar-refractivity contribution in [1.82, 2.24) is 4.98 Å². The predicted octanol–water partition coefficient (Wildman–Crippen LogP) is 4.09. The summed E-state index contributed by atoms with van der Waals surface area (Å²) in [6, 6.07) is 18.1. The Hall–Kier alpha value is -1.62. The summed E-state index contributed by atoms with van der Waals surface area (Å²) in [5, 5.41) is 1.19. The molecule has 0 fully saturated rings. The molecule has 18 heavy (non-hydrogen) atoms. The minimum Gasteiger partial charge on any atom is -0.399 e. The van der Waals surface area contributed by atoms with Gasteiger partial charge in [0.1, 0.15) is 0 Å². The molecule has 1 heterocycles. The summed E-state index contributed by atoms with van der Waals surface area (Å²) in [4.78, 5) is 4.69. The molecule has 0 radical (unpaired) electrons. The first-order valence-electron chi connectivity index (χ1n) is 5.65. The third-order valence-corrected chi connectivity index (χ3v) is 3.76. The zero-order valence-electron chi connectivity index (χ0n) is 9.60. The summed E-state index contributed by atoms with van der Waals surface area (Å²) in [6.07, 6.45) is 0. The molecule has 0 amide bonds. The zero-order chi connectivity index (χ0) is 12.5. The Labute approximate surface area is 119 Å². The lowest BCUT2D eigenvalue weighted by atomic mass is 10.1. The maximum absolute atomic E-state index is 5.70. The highest BCUT2D eigenvalue weighted by Gasteiger charge is 2.05. The quantitative estimate of drug-likeness (QED) is 0.533. The number of hydrogen-bond donors (Lipinski definition) is 1. The molecule has 2 nitrogen and oxygen atoms in total. The van der Waals surface area contributed by atoms with E-state index in [1.165, 1.54) is 8.96 Å². The van der Waals surface area contributed by atoms with Gasteiger partial charge >= 0.3 is 0 Å². The third-order valence-electron chi connectivity index (χ3n) is 2.87. The molecule has 2 aromatic carbocycles. The highest BCUT2D eigenvalue weighted by atomic mass is 127. The molecule has 0 bridgehead atoms. The van der Waals surface area contributed by atoms with Crippen LogP contribution in [0.25, 0.3) is 22.2 Å². The van der Waals surface area contributed by atoms with Crippen molar-refractivity contribution in [1.29, 1.82) is 0 Å². The maximum atomic E-state index is 5.70. The van der Waals surface area contributed by atoms with Gasteiger partial charge in [0, 0.05) is 20.2 Å². The number of nitrogens with zero attached hydrogens (tertiary/aromatic N) is 1. The zero-order valence-corrected chi connectivity index (χ0v) is 11.8. The van der Waals surface area contributed by atoms with Crippen LogP contribution >= 0.6 is 22.6 Å². The van der Waals surface area contributed by atoms with Crippen LogP contribution in [0.4, 0.5) is 5.69 Å². The predicted molar refractivity (Wildman–Crippen MR) is 84.3 cm³/mol. The standard InChI is InChI=1S/C15H11IN2/c16-13-9-15(10-5-7-11(17)8-6-10)18-14-4-2-1-3-12(13)14/h1-9H,17H2. The number of hydrogen-bond acceptors (Lipinski definition) is 2. The van der Waals surface area contributed by atoms with E-state index in [0.717, 1.165) is 22.5 Å². The molecule has 1 aromatic heterocycles. The van der Waals surface area contributed by atoms with E-state index in [4.69, 9.17) is 10.7 Å². The molecular weight excluding hydrogens is 335 g/mol. The van der Waals surface area contributed by atoms with E-state index in [2.05, 4.69) is 34.7 Å². The van der Waals surface area contributed by atoms with Gasteiger partial charge < -0.3 is 5.73 Å². The van der Waals surface area contributed by atoms with Crippen LogP contribution in [0.5, 0.6) is 0 Å².